The maximum Gasteiger partial charge on any atom is 0.316 e. The van der Waals surface area contributed by atoms with E-state index in [1.165, 1.54) is 4.90 Å². The Balaban J connectivity index is 2.17. The second kappa shape index (κ2) is 5.63. The number of nitrogens with one attached hydrogen (secondary N) is 2. The number of fused-ring (bicyclic) bond motifs is 1. The first-order valence-electron chi connectivity index (χ1n) is 5.83. The molecule has 0 unspecified atom stereocenters. The number of rotatable bonds is 3. The predicted octanol–water partition coefficient (Wildman–Crippen LogP) is 2.62. The minimum Gasteiger partial charge on any atom is -0.336 e. The van der Waals surface area contributed by atoms with Gasteiger partial charge in [-0.05, 0) is 24.4 Å². The number of hydrogen-bond donors (Lipinski definition) is 2. The summed E-state index contributed by atoms with van der Waals surface area (Å²) < 4.78 is 2.52. The van der Waals surface area contributed by atoms with Crippen LogP contribution in [0.5, 0.6) is 0 Å². The van der Waals surface area contributed by atoms with Crippen LogP contribution in [0.3, 0.4) is 0 Å². The molecule has 1 aromatic carbocycles. The van der Waals surface area contributed by atoms with Gasteiger partial charge in [-0.1, -0.05) is 17.7 Å². The van der Waals surface area contributed by atoms with Crippen molar-refractivity contribution in [3.8, 4) is 0 Å². The third kappa shape index (κ3) is 2.90. The fraction of sp³-hybridized carbons (Fsp3) is 0.333. The zero-order valence-corrected chi connectivity index (χ0v) is 12.3. The molecule has 0 saturated carbocycles. The van der Waals surface area contributed by atoms with E-state index in [0.29, 0.717) is 22.9 Å². The van der Waals surface area contributed by atoms with Crippen molar-refractivity contribution >= 4 is 40.9 Å². The molecule has 0 radical (unpaired) electrons. The average molecular weight is 299 g/mol. The largest absolute Gasteiger partial charge is 0.336 e. The summed E-state index contributed by atoms with van der Waals surface area (Å²) in [5.74, 6) is 0. The summed E-state index contributed by atoms with van der Waals surface area (Å²) in [5, 5.41) is 3.44. The maximum absolute atomic E-state index is 11.4. The van der Waals surface area contributed by atoms with Crippen LogP contribution in [0.15, 0.2) is 18.2 Å². The van der Waals surface area contributed by atoms with Crippen molar-refractivity contribution in [3.05, 3.63) is 28.0 Å². The molecule has 0 saturated heterocycles. The van der Waals surface area contributed by atoms with Crippen LogP contribution >= 0.6 is 23.8 Å². The molecule has 0 aliphatic carbocycles. The smallest absolute Gasteiger partial charge is 0.316 e. The Hall–Kier alpha value is -1.53. The first kappa shape index (κ1) is 13.9. The van der Waals surface area contributed by atoms with Gasteiger partial charge in [0.1, 0.15) is 0 Å². The quantitative estimate of drug-likeness (QED) is 0.856. The number of hydrogen-bond acceptors (Lipinski definition) is 2. The summed E-state index contributed by atoms with van der Waals surface area (Å²) in [5.41, 5.74) is 1.77. The van der Waals surface area contributed by atoms with E-state index < -0.39 is 0 Å². The average Bonchev–Trinajstić information content (AvgIpc) is 2.68. The molecule has 102 valence electrons. The monoisotopic (exact) mass is 298 g/mol. The number of carbonyl (C=O) groups excluding carboxylic acids is 1. The van der Waals surface area contributed by atoms with E-state index >= 15 is 0 Å². The number of amides is 2. The fourth-order valence-corrected chi connectivity index (χ4v) is 2.31. The van der Waals surface area contributed by atoms with Gasteiger partial charge in [-0.25, -0.2) is 4.79 Å². The first-order valence-corrected chi connectivity index (χ1v) is 6.61. The fourth-order valence-electron chi connectivity index (χ4n) is 1.80. The minimum absolute atomic E-state index is 0.121. The summed E-state index contributed by atoms with van der Waals surface area (Å²) in [4.78, 5) is 16.0. The number of urea groups is 1. The summed E-state index contributed by atoms with van der Waals surface area (Å²) in [7, 11) is 3.40. The molecule has 2 N–H and O–H groups in total. The zero-order chi connectivity index (χ0) is 14.0. The number of benzene rings is 1. The second-order valence-electron chi connectivity index (χ2n) is 4.34. The third-order valence-electron chi connectivity index (χ3n) is 2.78. The van der Waals surface area contributed by atoms with E-state index in [1.54, 1.807) is 14.1 Å². The van der Waals surface area contributed by atoms with Crippen LogP contribution in [0.25, 0.3) is 11.0 Å². The molecule has 1 aromatic heterocycles. The number of para-hydroxylation sites is 1. The van der Waals surface area contributed by atoms with E-state index in [-0.39, 0.29) is 6.03 Å². The summed E-state index contributed by atoms with van der Waals surface area (Å²) >= 11 is 11.4. The molecule has 1 heterocycles. The van der Waals surface area contributed by atoms with Crippen LogP contribution < -0.4 is 5.32 Å². The van der Waals surface area contributed by atoms with Crippen LogP contribution in [0.1, 0.15) is 0 Å². The number of imidazole rings is 1. The molecule has 19 heavy (non-hydrogen) atoms. The SMILES string of the molecule is CN(C)C(=O)NCCn1c(=S)[nH]c2c(Cl)cccc21. The van der Waals surface area contributed by atoms with E-state index in [2.05, 4.69) is 10.3 Å². The predicted molar refractivity (Wildman–Crippen MR) is 79.2 cm³/mol. The maximum atomic E-state index is 11.4. The molecule has 0 aliphatic rings. The Morgan fingerprint density at radius 3 is 2.95 bits per heavy atom. The van der Waals surface area contributed by atoms with Crippen molar-refractivity contribution in [3.63, 3.8) is 0 Å². The molecule has 0 spiro atoms. The summed E-state index contributed by atoms with van der Waals surface area (Å²) in [6.45, 7) is 1.10. The van der Waals surface area contributed by atoms with Crippen LogP contribution in [-0.4, -0.2) is 41.1 Å². The van der Waals surface area contributed by atoms with Crippen molar-refractivity contribution in [1.29, 1.82) is 0 Å². The van der Waals surface area contributed by atoms with Gasteiger partial charge in [0.05, 0.1) is 16.1 Å². The van der Waals surface area contributed by atoms with Crippen LogP contribution in [0.2, 0.25) is 5.02 Å². The highest BCUT2D eigenvalue weighted by Gasteiger charge is 2.07. The van der Waals surface area contributed by atoms with Crippen LogP contribution in [0, 0.1) is 4.77 Å². The van der Waals surface area contributed by atoms with Crippen molar-refractivity contribution in [2.75, 3.05) is 20.6 Å². The van der Waals surface area contributed by atoms with E-state index in [0.717, 1.165) is 11.0 Å². The first-order chi connectivity index (χ1) is 9.00. The molecule has 5 nitrogen and oxygen atoms in total. The standard InChI is InChI=1S/C12H15ClN4OS/c1-16(2)11(18)14-6-7-17-9-5-3-4-8(13)10(9)15-12(17)19/h3-5H,6-7H2,1-2H3,(H,14,18)(H,15,19). The topological polar surface area (TPSA) is 53.1 Å². The summed E-state index contributed by atoms with van der Waals surface area (Å²) in [6.07, 6.45) is 0. The van der Waals surface area contributed by atoms with Gasteiger partial charge in [0, 0.05) is 27.2 Å². The number of H-pyrrole nitrogens is 1. The van der Waals surface area contributed by atoms with Gasteiger partial charge in [-0.3, -0.25) is 0 Å². The van der Waals surface area contributed by atoms with Gasteiger partial charge in [0.2, 0.25) is 0 Å². The Morgan fingerprint density at radius 2 is 2.26 bits per heavy atom. The number of aromatic amines is 1. The lowest BCUT2D eigenvalue weighted by Gasteiger charge is -2.12. The van der Waals surface area contributed by atoms with Gasteiger partial charge >= 0.3 is 6.03 Å². The highest BCUT2D eigenvalue weighted by molar-refractivity contribution is 7.71. The van der Waals surface area contributed by atoms with Gasteiger partial charge < -0.3 is 19.8 Å². The Bertz CT molecular complexity index is 661. The minimum atomic E-state index is -0.121. The second-order valence-corrected chi connectivity index (χ2v) is 5.14. The molecular weight excluding hydrogens is 284 g/mol. The summed E-state index contributed by atoms with van der Waals surface area (Å²) in [6, 6.07) is 5.51. The Labute approximate surface area is 121 Å². The number of carbonyl (C=O) groups is 1. The van der Waals surface area contributed by atoms with Crippen LogP contribution in [0.4, 0.5) is 4.79 Å². The van der Waals surface area contributed by atoms with Gasteiger partial charge in [0.25, 0.3) is 0 Å². The van der Waals surface area contributed by atoms with Gasteiger partial charge in [-0.15, -0.1) is 0 Å². The normalized spacial score (nSPS) is 10.7. The van der Waals surface area contributed by atoms with Gasteiger partial charge in [0.15, 0.2) is 4.77 Å². The molecule has 2 aromatic rings. The Kier molecular flexibility index (Phi) is 4.11. The number of nitrogens with zero attached hydrogens (tertiary/aromatic N) is 2. The highest BCUT2D eigenvalue weighted by atomic mass is 35.5. The van der Waals surface area contributed by atoms with Gasteiger partial charge in [-0.2, -0.15) is 0 Å². The molecular formula is C12H15ClN4OS. The van der Waals surface area contributed by atoms with Crippen molar-refractivity contribution in [1.82, 2.24) is 19.8 Å². The highest BCUT2D eigenvalue weighted by Crippen LogP contribution is 2.22. The molecule has 2 rings (SSSR count). The lowest BCUT2D eigenvalue weighted by atomic mass is 10.3. The van der Waals surface area contributed by atoms with Crippen LogP contribution in [-0.2, 0) is 6.54 Å². The molecule has 2 amide bonds. The lowest BCUT2D eigenvalue weighted by Crippen LogP contribution is -2.36. The molecule has 0 aliphatic heterocycles. The molecule has 0 atom stereocenters. The zero-order valence-electron chi connectivity index (χ0n) is 10.7. The van der Waals surface area contributed by atoms with Crippen molar-refractivity contribution < 1.29 is 4.79 Å². The van der Waals surface area contributed by atoms with Crippen molar-refractivity contribution in [2.24, 2.45) is 0 Å². The number of halogens is 1. The molecule has 0 bridgehead atoms. The van der Waals surface area contributed by atoms with E-state index in [9.17, 15) is 4.79 Å². The molecule has 7 heteroatoms. The molecule has 0 fully saturated rings. The Morgan fingerprint density at radius 1 is 1.53 bits per heavy atom. The van der Waals surface area contributed by atoms with E-state index in [4.69, 9.17) is 23.8 Å². The number of aromatic nitrogens is 2. The lowest BCUT2D eigenvalue weighted by molar-refractivity contribution is 0.217. The third-order valence-corrected chi connectivity index (χ3v) is 3.41. The van der Waals surface area contributed by atoms with E-state index in [1.807, 2.05) is 22.8 Å². The van der Waals surface area contributed by atoms with Crippen molar-refractivity contribution in [2.45, 2.75) is 6.54 Å².